The molecule has 1 aromatic rings. The standard InChI is InChI=1S/C19H25N3O3/c1-18(2,3)14-9-7-13(8-10-14)15(23)21-22-16(24)19(20-17(22)25)11-5-4-6-12-19/h7-10H,4-6,11-12H2,1-3H3,(H,20,25)(H,21,23). The molecule has 1 heterocycles. The van der Waals surface area contributed by atoms with Crippen LogP contribution in [0, 0.1) is 0 Å². The zero-order chi connectivity index (χ0) is 18.2. The van der Waals surface area contributed by atoms with Gasteiger partial charge in [-0.15, -0.1) is 0 Å². The summed E-state index contributed by atoms with van der Waals surface area (Å²) < 4.78 is 0. The maximum absolute atomic E-state index is 12.7. The molecule has 0 radical (unpaired) electrons. The minimum atomic E-state index is -0.835. The van der Waals surface area contributed by atoms with Crippen molar-refractivity contribution in [3.8, 4) is 0 Å². The Bertz CT molecular complexity index is 698. The van der Waals surface area contributed by atoms with Crippen molar-refractivity contribution >= 4 is 17.8 Å². The van der Waals surface area contributed by atoms with Gasteiger partial charge in [-0.25, -0.2) is 4.79 Å². The lowest BCUT2D eigenvalue weighted by Gasteiger charge is -2.30. The monoisotopic (exact) mass is 343 g/mol. The van der Waals surface area contributed by atoms with Gasteiger partial charge in [-0.2, -0.15) is 5.01 Å². The number of hydrazine groups is 1. The van der Waals surface area contributed by atoms with Crippen molar-refractivity contribution in [3.05, 3.63) is 35.4 Å². The van der Waals surface area contributed by atoms with Crippen molar-refractivity contribution < 1.29 is 14.4 Å². The van der Waals surface area contributed by atoms with E-state index in [9.17, 15) is 14.4 Å². The SMILES string of the molecule is CC(C)(C)c1ccc(C(=O)NN2C(=O)NC3(CCCCC3)C2=O)cc1. The summed E-state index contributed by atoms with van der Waals surface area (Å²) in [6.45, 7) is 6.29. The van der Waals surface area contributed by atoms with E-state index in [0.717, 1.165) is 29.8 Å². The Labute approximate surface area is 147 Å². The molecule has 134 valence electrons. The third-order valence-electron chi connectivity index (χ3n) is 5.10. The molecule has 2 fully saturated rings. The zero-order valence-corrected chi connectivity index (χ0v) is 15.0. The molecule has 6 heteroatoms. The van der Waals surface area contributed by atoms with Crippen LogP contribution in [0.3, 0.4) is 0 Å². The van der Waals surface area contributed by atoms with Gasteiger partial charge in [0.1, 0.15) is 5.54 Å². The van der Waals surface area contributed by atoms with Crippen molar-refractivity contribution in [1.82, 2.24) is 15.8 Å². The van der Waals surface area contributed by atoms with E-state index >= 15 is 0 Å². The van der Waals surface area contributed by atoms with Crippen LogP contribution in [0.2, 0.25) is 0 Å². The van der Waals surface area contributed by atoms with Crippen LogP contribution in [0.15, 0.2) is 24.3 Å². The molecule has 2 aliphatic rings. The molecule has 6 nitrogen and oxygen atoms in total. The first-order valence-corrected chi connectivity index (χ1v) is 8.81. The summed E-state index contributed by atoms with van der Waals surface area (Å²) in [7, 11) is 0. The van der Waals surface area contributed by atoms with Crippen molar-refractivity contribution in [1.29, 1.82) is 0 Å². The number of rotatable bonds is 2. The third-order valence-corrected chi connectivity index (χ3v) is 5.10. The van der Waals surface area contributed by atoms with Gasteiger partial charge in [-0.1, -0.05) is 52.2 Å². The number of imide groups is 1. The van der Waals surface area contributed by atoms with E-state index in [1.54, 1.807) is 12.1 Å². The van der Waals surface area contributed by atoms with Gasteiger partial charge in [0.2, 0.25) is 0 Å². The second-order valence-corrected chi connectivity index (χ2v) is 7.98. The van der Waals surface area contributed by atoms with Crippen LogP contribution < -0.4 is 10.7 Å². The topological polar surface area (TPSA) is 78.5 Å². The normalized spacial score (nSPS) is 19.9. The Hall–Kier alpha value is -2.37. The summed E-state index contributed by atoms with van der Waals surface area (Å²) in [5.41, 5.74) is 3.14. The number of amides is 4. The molecule has 1 saturated carbocycles. The van der Waals surface area contributed by atoms with E-state index < -0.39 is 17.5 Å². The second kappa shape index (κ2) is 6.17. The number of carbonyl (C=O) groups excluding carboxylic acids is 3. The number of carbonyl (C=O) groups is 3. The Morgan fingerprint density at radius 3 is 2.24 bits per heavy atom. The molecule has 1 spiro atoms. The van der Waals surface area contributed by atoms with Crippen LogP contribution in [-0.2, 0) is 10.2 Å². The van der Waals surface area contributed by atoms with Crippen molar-refractivity contribution in [2.75, 3.05) is 0 Å². The number of nitrogens with zero attached hydrogens (tertiary/aromatic N) is 1. The second-order valence-electron chi connectivity index (χ2n) is 7.98. The molecule has 25 heavy (non-hydrogen) atoms. The lowest BCUT2D eigenvalue weighted by Crippen LogP contribution is -2.50. The zero-order valence-electron chi connectivity index (χ0n) is 15.0. The summed E-state index contributed by atoms with van der Waals surface area (Å²) in [6.07, 6.45) is 4.13. The van der Waals surface area contributed by atoms with E-state index in [1.165, 1.54) is 0 Å². The highest BCUT2D eigenvalue weighted by Crippen LogP contribution is 2.33. The van der Waals surface area contributed by atoms with Gasteiger partial charge in [0.25, 0.3) is 11.8 Å². The highest BCUT2D eigenvalue weighted by Gasteiger charge is 2.52. The molecule has 3 rings (SSSR count). The Morgan fingerprint density at radius 1 is 1.08 bits per heavy atom. The molecular formula is C19H25N3O3. The predicted molar refractivity (Wildman–Crippen MR) is 93.8 cm³/mol. The van der Waals surface area contributed by atoms with Crippen LogP contribution in [0.1, 0.15) is 68.8 Å². The number of hydrogen-bond donors (Lipinski definition) is 2. The van der Waals surface area contributed by atoms with Crippen LogP contribution in [-0.4, -0.2) is 28.4 Å². The fourth-order valence-electron chi connectivity index (χ4n) is 3.50. The number of hydrogen-bond acceptors (Lipinski definition) is 3. The van der Waals surface area contributed by atoms with Crippen LogP contribution >= 0.6 is 0 Å². The maximum atomic E-state index is 12.7. The van der Waals surface area contributed by atoms with Crippen LogP contribution in [0.4, 0.5) is 4.79 Å². The molecule has 2 N–H and O–H groups in total. The van der Waals surface area contributed by atoms with E-state index in [2.05, 4.69) is 31.5 Å². The van der Waals surface area contributed by atoms with Gasteiger partial charge in [-0.3, -0.25) is 15.0 Å². The van der Waals surface area contributed by atoms with Gasteiger partial charge in [0.05, 0.1) is 0 Å². The summed E-state index contributed by atoms with van der Waals surface area (Å²) in [5.74, 6) is -0.811. The lowest BCUT2D eigenvalue weighted by atomic mass is 9.82. The predicted octanol–water partition coefficient (Wildman–Crippen LogP) is 2.88. The number of urea groups is 1. The van der Waals surface area contributed by atoms with E-state index in [0.29, 0.717) is 18.4 Å². The molecule has 1 aliphatic carbocycles. The van der Waals surface area contributed by atoms with Gasteiger partial charge in [0.15, 0.2) is 0 Å². The molecule has 1 aliphatic heterocycles. The first-order valence-electron chi connectivity index (χ1n) is 8.81. The van der Waals surface area contributed by atoms with Gasteiger partial charge >= 0.3 is 6.03 Å². The molecule has 4 amide bonds. The molecule has 0 bridgehead atoms. The van der Waals surface area contributed by atoms with Crippen LogP contribution in [0.5, 0.6) is 0 Å². The molecule has 1 saturated heterocycles. The molecule has 1 aromatic carbocycles. The van der Waals surface area contributed by atoms with Crippen molar-refractivity contribution in [3.63, 3.8) is 0 Å². The summed E-state index contributed by atoms with van der Waals surface area (Å²) >= 11 is 0. The molecular weight excluding hydrogens is 318 g/mol. The summed E-state index contributed by atoms with van der Waals surface area (Å²) in [4.78, 5) is 37.3. The fourth-order valence-corrected chi connectivity index (χ4v) is 3.50. The number of benzene rings is 1. The Morgan fingerprint density at radius 2 is 1.68 bits per heavy atom. The Balaban J connectivity index is 1.72. The summed E-state index contributed by atoms with van der Waals surface area (Å²) in [5, 5.41) is 3.62. The maximum Gasteiger partial charge on any atom is 0.344 e. The third kappa shape index (κ3) is 3.25. The highest BCUT2D eigenvalue weighted by molar-refractivity contribution is 6.09. The largest absolute Gasteiger partial charge is 0.344 e. The van der Waals surface area contributed by atoms with E-state index in [1.807, 2.05) is 12.1 Å². The van der Waals surface area contributed by atoms with E-state index in [4.69, 9.17) is 0 Å². The molecule has 0 unspecified atom stereocenters. The average Bonchev–Trinajstić information content (AvgIpc) is 2.79. The minimum absolute atomic E-state index is 0.00677. The van der Waals surface area contributed by atoms with Gasteiger partial charge in [0, 0.05) is 5.56 Å². The van der Waals surface area contributed by atoms with Gasteiger partial charge in [-0.05, 0) is 36.0 Å². The first kappa shape index (κ1) is 17.5. The smallest absolute Gasteiger partial charge is 0.322 e. The average molecular weight is 343 g/mol. The van der Waals surface area contributed by atoms with Crippen LogP contribution in [0.25, 0.3) is 0 Å². The van der Waals surface area contributed by atoms with Crippen molar-refractivity contribution in [2.24, 2.45) is 0 Å². The quantitative estimate of drug-likeness (QED) is 0.811. The molecule has 0 atom stereocenters. The van der Waals surface area contributed by atoms with Gasteiger partial charge < -0.3 is 5.32 Å². The van der Waals surface area contributed by atoms with Crippen molar-refractivity contribution in [2.45, 2.75) is 63.8 Å². The minimum Gasteiger partial charge on any atom is -0.322 e. The summed E-state index contributed by atoms with van der Waals surface area (Å²) in [6, 6.07) is 6.66. The fraction of sp³-hybridized carbons (Fsp3) is 0.526. The first-order chi connectivity index (χ1) is 11.7. The Kier molecular flexibility index (Phi) is 4.31. The molecule has 0 aromatic heterocycles. The van der Waals surface area contributed by atoms with E-state index in [-0.39, 0.29) is 11.3 Å². The lowest BCUT2D eigenvalue weighted by molar-refractivity contribution is -0.134. The number of nitrogens with one attached hydrogen (secondary N) is 2. The highest BCUT2D eigenvalue weighted by atomic mass is 16.2.